The first kappa shape index (κ1) is 23.1. The van der Waals surface area contributed by atoms with Crippen molar-refractivity contribution in [2.24, 2.45) is 0 Å². The van der Waals surface area contributed by atoms with Crippen molar-refractivity contribution in [3.8, 4) is 23.0 Å². The van der Waals surface area contributed by atoms with E-state index in [2.05, 4.69) is 29.3 Å². The first-order valence-electron chi connectivity index (χ1n) is 10.6. The molecule has 0 unspecified atom stereocenters. The molecule has 1 aliphatic carbocycles. The monoisotopic (exact) mass is 463 g/mol. The molecule has 0 atom stereocenters. The van der Waals surface area contributed by atoms with Crippen molar-refractivity contribution in [2.45, 2.75) is 18.5 Å². The fourth-order valence-corrected chi connectivity index (χ4v) is 3.91. The maximum absolute atomic E-state index is 12.4. The molecule has 3 aromatic carbocycles. The van der Waals surface area contributed by atoms with Crippen LogP contribution in [-0.4, -0.2) is 31.2 Å². The molecule has 0 fully saturated rings. The van der Waals surface area contributed by atoms with Gasteiger partial charge in [0.1, 0.15) is 6.61 Å². The summed E-state index contributed by atoms with van der Waals surface area (Å²) in [6.45, 7) is 0.475. The van der Waals surface area contributed by atoms with Crippen molar-refractivity contribution in [3.63, 3.8) is 0 Å². The van der Waals surface area contributed by atoms with Gasteiger partial charge in [0.2, 0.25) is 0 Å². The summed E-state index contributed by atoms with van der Waals surface area (Å²) >= 11 is 0. The van der Waals surface area contributed by atoms with E-state index in [1.54, 1.807) is 0 Å². The molecule has 1 aliphatic rings. The van der Waals surface area contributed by atoms with Crippen molar-refractivity contribution in [3.05, 3.63) is 95.1 Å². The topological polar surface area (TPSA) is 55.4 Å². The summed E-state index contributed by atoms with van der Waals surface area (Å²) in [6, 6.07) is 21.0. The zero-order valence-electron chi connectivity index (χ0n) is 18.0. The van der Waals surface area contributed by atoms with Gasteiger partial charge in [0.25, 0.3) is 5.78 Å². The van der Waals surface area contributed by atoms with Gasteiger partial charge in [-0.2, -0.15) is 13.2 Å². The molecule has 172 valence electrons. The molecule has 0 radical (unpaired) electrons. The minimum Gasteiger partial charge on any atom is -0.449 e. The Labute approximate surface area is 194 Å². The summed E-state index contributed by atoms with van der Waals surface area (Å²) in [5.41, 5.74) is 4.60. The molecule has 0 aliphatic heterocycles. The van der Waals surface area contributed by atoms with Crippen LogP contribution in [0.15, 0.2) is 72.8 Å². The molecule has 0 saturated heterocycles. The summed E-state index contributed by atoms with van der Waals surface area (Å²) < 4.78 is 42.8. The summed E-state index contributed by atoms with van der Waals surface area (Å²) in [6.07, 6.45) is -5.12. The van der Waals surface area contributed by atoms with Crippen LogP contribution in [0.25, 0.3) is 11.1 Å². The second-order valence-corrected chi connectivity index (χ2v) is 7.71. The number of amides is 1. The molecule has 1 N–H and O–H groups in total. The van der Waals surface area contributed by atoms with Crippen LogP contribution < -0.4 is 5.32 Å². The largest absolute Gasteiger partial charge is 0.454 e. The van der Waals surface area contributed by atoms with Crippen molar-refractivity contribution >= 4 is 11.9 Å². The quantitative estimate of drug-likeness (QED) is 0.300. The highest BCUT2D eigenvalue weighted by molar-refractivity contribution is 6.00. The van der Waals surface area contributed by atoms with E-state index < -0.39 is 23.6 Å². The van der Waals surface area contributed by atoms with E-state index in [4.69, 9.17) is 4.74 Å². The number of Topliss-reactive ketones (excluding diaryl/α,β-unsaturated/α-hetero) is 1. The molecule has 0 saturated carbocycles. The summed E-state index contributed by atoms with van der Waals surface area (Å²) in [5, 5.41) is 2.65. The Balaban J connectivity index is 1.25. The Kier molecular flexibility index (Phi) is 6.69. The molecule has 3 aromatic rings. The van der Waals surface area contributed by atoms with E-state index in [9.17, 15) is 22.8 Å². The van der Waals surface area contributed by atoms with Gasteiger partial charge in [-0.15, -0.1) is 0 Å². The second-order valence-electron chi connectivity index (χ2n) is 7.71. The Morgan fingerprint density at radius 2 is 1.47 bits per heavy atom. The van der Waals surface area contributed by atoms with Crippen LogP contribution in [0.4, 0.5) is 18.0 Å². The lowest BCUT2D eigenvalue weighted by atomic mass is 9.98. The standard InChI is InChI=1S/C27H20F3NO3/c28-27(29,30)25(32)19-14-12-18(13-15-19)7-5-6-16-31-26(33)34-17-24-22-10-3-1-8-20(22)21-9-2-4-11-23(21)24/h1-4,8-15,24H,6,16-17H2,(H,31,33). The third-order valence-corrected chi connectivity index (χ3v) is 5.50. The number of alkyl carbamates (subject to hydrolysis) is 1. The number of ether oxygens (including phenoxy) is 1. The van der Waals surface area contributed by atoms with Crippen molar-refractivity contribution < 1.29 is 27.5 Å². The van der Waals surface area contributed by atoms with E-state index >= 15 is 0 Å². The number of halogens is 3. The smallest absolute Gasteiger partial charge is 0.449 e. The highest BCUT2D eigenvalue weighted by Gasteiger charge is 2.39. The number of hydrogen-bond acceptors (Lipinski definition) is 3. The molecule has 4 nitrogen and oxygen atoms in total. The Morgan fingerprint density at radius 1 is 0.882 bits per heavy atom. The number of nitrogens with one attached hydrogen (secondary N) is 1. The van der Waals surface area contributed by atoms with Gasteiger partial charge < -0.3 is 10.1 Å². The molecular formula is C27H20F3NO3. The Bertz CT molecular complexity index is 1230. The average molecular weight is 463 g/mol. The molecule has 34 heavy (non-hydrogen) atoms. The third-order valence-electron chi connectivity index (χ3n) is 5.50. The van der Waals surface area contributed by atoms with Crippen LogP contribution in [0, 0.1) is 11.8 Å². The molecule has 4 rings (SSSR count). The Hall–Kier alpha value is -4.05. The Morgan fingerprint density at radius 3 is 2.06 bits per heavy atom. The molecule has 0 spiro atoms. The van der Waals surface area contributed by atoms with Gasteiger partial charge in [0.05, 0.1) is 0 Å². The van der Waals surface area contributed by atoms with Crippen LogP contribution in [-0.2, 0) is 4.74 Å². The fourth-order valence-electron chi connectivity index (χ4n) is 3.91. The minimum atomic E-state index is -4.90. The number of ketones is 1. The zero-order valence-corrected chi connectivity index (χ0v) is 18.0. The maximum Gasteiger partial charge on any atom is 0.454 e. The van der Waals surface area contributed by atoms with E-state index in [1.807, 2.05) is 36.4 Å². The normalized spacial score (nSPS) is 12.2. The van der Waals surface area contributed by atoms with Gasteiger partial charge in [-0.3, -0.25) is 4.79 Å². The molecular weight excluding hydrogens is 443 g/mol. The predicted octanol–water partition coefficient (Wildman–Crippen LogP) is 5.71. The summed E-state index contributed by atoms with van der Waals surface area (Å²) in [5.74, 6) is 3.71. The number of benzene rings is 3. The van der Waals surface area contributed by atoms with Crippen LogP contribution in [0.3, 0.4) is 0 Å². The lowest BCUT2D eigenvalue weighted by Crippen LogP contribution is -2.26. The van der Waals surface area contributed by atoms with Crippen molar-refractivity contribution in [1.82, 2.24) is 5.32 Å². The van der Waals surface area contributed by atoms with E-state index in [1.165, 1.54) is 12.1 Å². The van der Waals surface area contributed by atoms with Crippen LogP contribution in [0.2, 0.25) is 0 Å². The second kappa shape index (κ2) is 9.84. The predicted molar refractivity (Wildman–Crippen MR) is 121 cm³/mol. The van der Waals surface area contributed by atoms with Crippen molar-refractivity contribution in [1.29, 1.82) is 0 Å². The minimum absolute atomic E-state index is 0.0230. The molecule has 0 heterocycles. The van der Waals surface area contributed by atoms with Gasteiger partial charge in [0.15, 0.2) is 0 Å². The maximum atomic E-state index is 12.4. The van der Waals surface area contributed by atoms with Crippen LogP contribution in [0.5, 0.6) is 0 Å². The number of rotatable bonds is 5. The molecule has 0 bridgehead atoms. The summed E-state index contributed by atoms with van der Waals surface area (Å²) in [7, 11) is 0. The fraction of sp³-hybridized carbons (Fsp3) is 0.185. The number of fused-ring (bicyclic) bond motifs is 3. The zero-order chi connectivity index (χ0) is 24.1. The van der Waals surface area contributed by atoms with Gasteiger partial charge >= 0.3 is 12.3 Å². The van der Waals surface area contributed by atoms with E-state index in [-0.39, 0.29) is 19.1 Å². The lowest BCUT2D eigenvalue weighted by molar-refractivity contribution is -0.0885. The molecule has 7 heteroatoms. The first-order chi connectivity index (χ1) is 16.3. The van der Waals surface area contributed by atoms with E-state index in [0.29, 0.717) is 12.0 Å². The molecule has 0 aromatic heterocycles. The highest BCUT2D eigenvalue weighted by atomic mass is 19.4. The lowest BCUT2D eigenvalue weighted by Gasteiger charge is -2.14. The van der Waals surface area contributed by atoms with E-state index in [0.717, 1.165) is 34.4 Å². The highest BCUT2D eigenvalue weighted by Crippen LogP contribution is 2.44. The number of carbonyl (C=O) groups is 2. The van der Waals surface area contributed by atoms with Crippen LogP contribution >= 0.6 is 0 Å². The third kappa shape index (κ3) is 5.12. The number of hydrogen-bond donors (Lipinski definition) is 1. The molecule has 1 amide bonds. The van der Waals surface area contributed by atoms with Gasteiger partial charge in [-0.05, 0) is 46.5 Å². The number of carbonyl (C=O) groups excluding carboxylic acids is 2. The summed E-state index contributed by atoms with van der Waals surface area (Å²) in [4.78, 5) is 23.3. The number of alkyl halides is 3. The average Bonchev–Trinajstić information content (AvgIpc) is 3.15. The first-order valence-corrected chi connectivity index (χ1v) is 10.6. The SMILES string of the molecule is O=C(NCCC#Cc1ccc(C(=O)C(F)(F)F)cc1)OCC1c2ccccc2-c2ccccc21. The van der Waals surface area contributed by atoms with Crippen molar-refractivity contribution in [2.75, 3.05) is 13.2 Å². The van der Waals surface area contributed by atoms with Gasteiger partial charge in [-0.25, -0.2) is 4.79 Å². The van der Waals surface area contributed by atoms with Gasteiger partial charge in [0, 0.05) is 30.0 Å². The van der Waals surface area contributed by atoms with Crippen LogP contribution in [0.1, 0.15) is 39.4 Å². The van der Waals surface area contributed by atoms with Gasteiger partial charge in [-0.1, -0.05) is 60.4 Å².